The second-order valence-corrected chi connectivity index (χ2v) is 8.71. The fourth-order valence-corrected chi connectivity index (χ4v) is 4.34. The van der Waals surface area contributed by atoms with Gasteiger partial charge in [0.15, 0.2) is 11.6 Å². The molecular weight excluding hydrogens is 421 g/mol. The lowest BCUT2D eigenvalue weighted by Crippen LogP contribution is -2.29. The molecule has 172 valence electrons. The molecule has 32 heavy (non-hydrogen) atoms. The minimum Gasteiger partial charge on any atom is -0.489 e. The number of benzene rings is 1. The van der Waals surface area contributed by atoms with Crippen LogP contribution in [0.1, 0.15) is 44.6 Å². The lowest BCUT2D eigenvalue weighted by atomic mass is 9.96. The van der Waals surface area contributed by atoms with Crippen LogP contribution in [-0.4, -0.2) is 54.0 Å². The van der Waals surface area contributed by atoms with Gasteiger partial charge in [0, 0.05) is 32.4 Å². The molecule has 2 aliphatic rings. The van der Waals surface area contributed by atoms with Gasteiger partial charge in [-0.05, 0) is 30.5 Å². The van der Waals surface area contributed by atoms with Gasteiger partial charge in [0.05, 0.1) is 13.1 Å². The van der Waals surface area contributed by atoms with Gasteiger partial charge >= 0.3 is 0 Å². The second-order valence-electron chi connectivity index (χ2n) is 8.71. The number of Topliss-reactive ketones (excluding diaryl/α,β-unsaturated/α-hetero) is 1. The molecule has 2 aliphatic heterocycles. The molecule has 0 N–H and O–H groups in total. The first-order valence-corrected chi connectivity index (χ1v) is 10.9. The summed E-state index contributed by atoms with van der Waals surface area (Å²) in [4.78, 5) is 22.3. The van der Waals surface area contributed by atoms with Crippen LogP contribution in [0.5, 0.6) is 5.75 Å². The van der Waals surface area contributed by atoms with E-state index in [1.165, 1.54) is 11.2 Å². The predicted octanol–water partition coefficient (Wildman–Crippen LogP) is 4.20. The summed E-state index contributed by atoms with van der Waals surface area (Å²) >= 11 is 0. The summed E-state index contributed by atoms with van der Waals surface area (Å²) in [6.45, 7) is 4.11. The number of ether oxygens (including phenoxy) is 1. The number of hydrogen-bond donors (Lipinski definition) is 0. The Morgan fingerprint density at radius 3 is 2.50 bits per heavy atom. The molecule has 0 radical (unpaired) electrons. The van der Waals surface area contributed by atoms with Gasteiger partial charge in [0.25, 0.3) is 5.92 Å². The second kappa shape index (κ2) is 8.96. The van der Waals surface area contributed by atoms with Crippen molar-refractivity contribution in [2.24, 2.45) is 0 Å². The predicted molar refractivity (Wildman–Crippen MR) is 115 cm³/mol. The molecule has 2 saturated heterocycles. The van der Waals surface area contributed by atoms with E-state index in [-0.39, 0.29) is 42.4 Å². The Bertz CT molecular complexity index is 970. The Balaban J connectivity index is 1.39. The molecule has 9 heteroatoms. The van der Waals surface area contributed by atoms with E-state index in [4.69, 9.17) is 4.74 Å². The number of aromatic nitrogens is 2. The number of anilines is 2. The van der Waals surface area contributed by atoms with Gasteiger partial charge in [-0.25, -0.2) is 18.7 Å². The van der Waals surface area contributed by atoms with Crippen molar-refractivity contribution in [3.05, 3.63) is 42.0 Å². The molecule has 1 aromatic heterocycles. The first-order chi connectivity index (χ1) is 15.2. The van der Waals surface area contributed by atoms with Crippen LogP contribution in [0.3, 0.4) is 0 Å². The van der Waals surface area contributed by atoms with E-state index in [1.807, 2.05) is 31.2 Å². The Morgan fingerprint density at radius 2 is 1.88 bits per heavy atom. The van der Waals surface area contributed by atoms with Gasteiger partial charge in [-0.3, -0.25) is 0 Å². The third-order valence-corrected chi connectivity index (χ3v) is 6.01. The number of nitrogens with zero attached hydrogens (tertiary/aromatic N) is 4. The molecule has 0 spiro atoms. The number of ketones is 1. The van der Waals surface area contributed by atoms with E-state index in [9.17, 15) is 13.6 Å². The van der Waals surface area contributed by atoms with Gasteiger partial charge in [0.1, 0.15) is 24.0 Å². The maximum atomic E-state index is 15.1. The van der Waals surface area contributed by atoms with Gasteiger partial charge in [-0.1, -0.05) is 19.1 Å². The van der Waals surface area contributed by atoms with Gasteiger partial charge in [0.2, 0.25) is 5.82 Å². The first-order valence-electron chi connectivity index (χ1n) is 10.9. The van der Waals surface area contributed by atoms with E-state index in [2.05, 4.69) is 9.97 Å². The van der Waals surface area contributed by atoms with E-state index >= 15 is 4.39 Å². The standard InChI is InChI=1S/C23H27F3N4O2/c1-15(11-16(2)31)17-3-5-18(6-4-17)32-19-7-9-29(12-19)21-20(24)22(28-14-27-21)30-10-8-23(25,26)13-30/h3-6,14-15,19H,7-13H2,1-2H3/t15-,19-/m1/s1. The van der Waals surface area contributed by atoms with Gasteiger partial charge in [-0.2, -0.15) is 4.39 Å². The maximum Gasteiger partial charge on any atom is 0.266 e. The lowest BCUT2D eigenvalue weighted by molar-refractivity contribution is -0.117. The van der Waals surface area contributed by atoms with Crippen molar-refractivity contribution >= 4 is 17.4 Å². The number of halogens is 3. The molecule has 1 aromatic carbocycles. The van der Waals surface area contributed by atoms with E-state index in [0.29, 0.717) is 31.7 Å². The van der Waals surface area contributed by atoms with Crippen molar-refractivity contribution in [3.8, 4) is 5.75 Å². The minimum absolute atomic E-state index is 0.0626. The van der Waals surface area contributed by atoms with Crippen LogP contribution in [0.25, 0.3) is 0 Å². The molecule has 2 fully saturated rings. The molecule has 0 unspecified atom stereocenters. The van der Waals surface area contributed by atoms with Crippen LogP contribution in [-0.2, 0) is 4.79 Å². The normalized spacial score (nSPS) is 21.1. The summed E-state index contributed by atoms with van der Waals surface area (Å²) in [5.41, 5.74) is 1.07. The van der Waals surface area contributed by atoms with Crippen LogP contribution < -0.4 is 14.5 Å². The molecule has 2 aromatic rings. The number of carbonyl (C=O) groups is 1. The molecule has 3 heterocycles. The zero-order chi connectivity index (χ0) is 22.9. The van der Waals surface area contributed by atoms with Crippen LogP contribution in [0.4, 0.5) is 24.8 Å². The highest BCUT2D eigenvalue weighted by atomic mass is 19.3. The fourth-order valence-electron chi connectivity index (χ4n) is 4.34. The summed E-state index contributed by atoms with van der Waals surface area (Å²) in [5, 5.41) is 0. The third-order valence-electron chi connectivity index (χ3n) is 6.01. The highest BCUT2D eigenvalue weighted by Gasteiger charge is 2.40. The Labute approximate surface area is 185 Å². The van der Waals surface area contributed by atoms with Crippen molar-refractivity contribution in [1.29, 1.82) is 0 Å². The van der Waals surface area contributed by atoms with Crippen LogP contribution in [0.2, 0.25) is 0 Å². The smallest absolute Gasteiger partial charge is 0.266 e. The van der Waals surface area contributed by atoms with Crippen molar-refractivity contribution < 1.29 is 22.7 Å². The highest BCUT2D eigenvalue weighted by molar-refractivity contribution is 5.76. The number of alkyl halides is 2. The molecule has 4 rings (SSSR count). The largest absolute Gasteiger partial charge is 0.489 e. The quantitative estimate of drug-likeness (QED) is 0.633. The average molecular weight is 448 g/mol. The van der Waals surface area contributed by atoms with E-state index < -0.39 is 18.3 Å². The molecule has 6 nitrogen and oxygen atoms in total. The SMILES string of the molecule is CC(=O)C[C@@H](C)c1ccc(O[C@@H]2CCN(c3ncnc(N4CCC(F)(F)C4)c3F)C2)cc1. The highest BCUT2D eigenvalue weighted by Crippen LogP contribution is 2.34. The Kier molecular flexibility index (Phi) is 6.26. The topological polar surface area (TPSA) is 58.6 Å². The van der Waals surface area contributed by atoms with Crippen LogP contribution >= 0.6 is 0 Å². The summed E-state index contributed by atoms with van der Waals surface area (Å²) in [6.07, 6.45) is 1.95. The Morgan fingerprint density at radius 1 is 1.19 bits per heavy atom. The minimum atomic E-state index is -2.83. The molecular formula is C23H27F3N4O2. The summed E-state index contributed by atoms with van der Waals surface area (Å²) in [7, 11) is 0. The zero-order valence-electron chi connectivity index (χ0n) is 18.2. The molecule has 0 bridgehead atoms. The first kappa shape index (κ1) is 22.4. The fraction of sp³-hybridized carbons (Fsp3) is 0.522. The average Bonchev–Trinajstić information content (AvgIpc) is 3.34. The number of rotatable bonds is 7. The summed E-state index contributed by atoms with van der Waals surface area (Å²) in [6, 6.07) is 7.67. The molecule has 2 atom stereocenters. The van der Waals surface area contributed by atoms with Crippen LogP contribution in [0.15, 0.2) is 30.6 Å². The van der Waals surface area contributed by atoms with Crippen molar-refractivity contribution in [1.82, 2.24) is 9.97 Å². The van der Waals surface area contributed by atoms with Crippen molar-refractivity contribution in [2.45, 2.75) is 51.1 Å². The van der Waals surface area contributed by atoms with Gasteiger partial charge in [-0.15, -0.1) is 0 Å². The monoisotopic (exact) mass is 448 g/mol. The van der Waals surface area contributed by atoms with E-state index in [1.54, 1.807) is 11.8 Å². The molecule has 0 aliphatic carbocycles. The summed E-state index contributed by atoms with van der Waals surface area (Å²) in [5.74, 6) is -2.45. The summed E-state index contributed by atoms with van der Waals surface area (Å²) < 4.78 is 48.2. The Hall–Kier alpha value is -2.84. The van der Waals surface area contributed by atoms with Crippen LogP contribution in [0, 0.1) is 5.82 Å². The van der Waals surface area contributed by atoms with Crippen molar-refractivity contribution in [2.75, 3.05) is 36.0 Å². The number of carbonyl (C=O) groups excluding carboxylic acids is 1. The van der Waals surface area contributed by atoms with E-state index in [0.717, 1.165) is 5.56 Å². The lowest BCUT2D eigenvalue weighted by Gasteiger charge is -2.22. The maximum absolute atomic E-state index is 15.1. The third kappa shape index (κ3) is 4.97. The zero-order valence-corrected chi connectivity index (χ0v) is 18.2. The molecule has 0 saturated carbocycles. The number of hydrogen-bond acceptors (Lipinski definition) is 6. The molecule has 0 amide bonds. The van der Waals surface area contributed by atoms with Gasteiger partial charge < -0.3 is 19.3 Å². The van der Waals surface area contributed by atoms with Crippen molar-refractivity contribution in [3.63, 3.8) is 0 Å².